The molecule has 0 aliphatic carbocycles. The third-order valence-electron chi connectivity index (χ3n) is 3.41. The number of hydrogen-bond acceptors (Lipinski definition) is 5. The van der Waals surface area contributed by atoms with Gasteiger partial charge in [-0.15, -0.1) is 0 Å². The summed E-state index contributed by atoms with van der Waals surface area (Å²) in [5.41, 5.74) is 1.57. The fourth-order valence-corrected chi connectivity index (χ4v) is 3.32. The topological polar surface area (TPSA) is 89.3 Å². The lowest BCUT2D eigenvalue weighted by molar-refractivity contribution is -0.115. The summed E-state index contributed by atoms with van der Waals surface area (Å²) < 4.78 is 29.6. The van der Waals surface area contributed by atoms with Gasteiger partial charge in [0.25, 0.3) is 0 Å². The molecular formula is C15H18N2O4S. The molecule has 7 heteroatoms. The molecule has 1 atom stereocenters. The number of hydrogen-bond donors (Lipinski definition) is 1. The predicted octanol–water partition coefficient (Wildman–Crippen LogP) is 2.23. The second-order valence-corrected chi connectivity index (χ2v) is 7.51. The van der Waals surface area contributed by atoms with Crippen LogP contribution in [0.15, 0.2) is 34.9 Å². The van der Waals surface area contributed by atoms with E-state index in [9.17, 15) is 13.2 Å². The standard InChI is InChI=1S/C15H18N2O4S/c1-10-6-4-5-7-13(10)9-22(19,20)12(3)15(18)16-14-8-11(2)21-17-14/h4-8,12H,9H2,1-3H3,(H,16,17,18)/t12-/m1/s1. The van der Waals surface area contributed by atoms with Crippen LogP contribution in [0.4, 0.5) is 5.82 Å². The van der Waals surface area contributed by atoms with E-state index < -0.39 is 21.0 Å². The van der Waals surface area contributed by atoms with E-state index in [0.29, 0.717) is 11.3 Å². The number of benzene rings is 1. The highest BCUT2D eigenvalue weighted by atomic mass is 32.2. The summed E-state index contributed by atoms with van der Waals surface area (Å²) in [5.74, 6) is -0.0559. The minimum atomic E-state index is -3.62. The maximum atomic E-state index is 12.4. The molecule has 1 aromatic heterocycles. The molecule has 0 fully saturated rings. The van der Waals surface area contributed by atoms with Gasteiger partial charge in [0.2, 0.25) is 5.91 Å². The van der Waals surface area contributed by atoms with Crippen molar-refractivity contribution in [3.63, 3.8) is 0 Å². The molecule has 1 heterocycles. The minimum Gasteiger partial charge on any atom is -0.360 e. The van der Waals surface area contributed by atoms with Crippen molar-refractivity contribution >= 4 is 21.6 Å². The number of nitrogens with one attached hydrogen (secondary N) is 1. The molecule has 118 valence electrons. The highest BCUT2D eigenvalue weighted by molar-refractivity contribution is 7.92. The normalized spacial score (nSPS) is 12.9. The third kappa shape index (κ3) is 3.73. The minimum absolute atomic E-state index is 0.175. The van der Waals surface area contributed by atoms with Crippen molar-refractivity contribution in [2.24, 2.45) is 0 Å². The van der Waals surface area contributed by atoms with E-state index in [1.165, 1.54) is 13.0 Å². The smallest absolute Gasteiger partial charge is 0.243 e. The number of nitrogens with zero attached hydrogens (tertiary/aromatic N) is 1. The largest absolute Gasteiger partial charge is 0.360 e. The Morgan fingerprint density at radius 2 is 2.00 bits per heavy atom. The molecule has 2 aromatic rings. The maximum Gasteiger partial charge on any atom is 0.243 e. The zero-order valence-corrected chi connectivity index (χ0v) is 13.5. The van der Waals surface area contributed by atoms with Gasteiger partial charge in [0, 0.05) is 6.07 Å². The Balaban J connectivity index is 2.11. The lowest BCUT2D eigenvalue weighted by Crippen LogP contribution is -2.33. The molecule has 0 aliphatic rings. The van der Waals surface area contributed by atoms with Crippen molar-refractivity contribution in [3.05, 3.63) is 47.2 Å². The summed E-state index contributed by atoms with van der Waals surface area (Å²) in [6.07, 6.45) is 0. The molecule has 1 N–H and O–H groups in total. The van der Waals surface area contributed by atoms with Crippen molar-refractivity contribution in [1.82, 2.24) is 5.16 Å². The first-order valence-corrected chi connectivity index (χ1v) is 8.51. The van der Waals surface area contributed by atoms with Crippen molar-refractivity contribution in [3.8, 4) is 0 Å². The van der Waals surface area contributed by atoms with Crippen molar-refractivity contribution in [2.45, 2.75) is 31.8 Å². The molecule has 6 nitrogen and oxygen atoms in total. The van der Waals surface area contributed by atoms with Crippen LogP contribution in [-0.4, -0.2) is 24.7 Å². The summed E-state index contributed by atoms with van der Waals surface area (Å²) in [6.45, 7) is 4.89. The molecule has 0 saturated carbocycles. The first-order chi connectivity index (χ1) is 10.3. The van der Waals surface area contributed by atoms with Crippen LogP contribution in [0, 0.1) is 13.8 Å². The van der Waals surface area contributed by atoms with Gasteiger partial charge in [-0.3, -0.25) is 4.79 Å². The van der Waals surface area contributed by atoms with E-state index in [0.717, 1.165) is 5.56 Å². The van der Waals surface area contributed by atoms with Crippen molar-refractivity contribution < 1.29 is 17.7 Å². The molecule has 0 radical (unpaired) electrons. The second kappa shape index (κ2) is 6.31. The third-order valence-corrected chi connectivity index (χ3v) is 5.41. The molecule has 1 amide bonds. The fraction of sp³-hybridized carbons (Fsp3) is 0.333. The molecule has 2 rings (SSSR count). The van der Waals surface area contributed by atoms with Crippen LogP contribution in [0.2, 0.25) is 0 Å². The molecule has 0 bridgehead atoms. The second-order valence-electron chi connectivity index (χ2n) is 5.19. The van der Waals surface area contributed by atoms with E-state index in [4.69, 9.17) is 4.52 Å². The molecule has 0 spiro atoms. The van der Waals surface area contributed by atoms with E-state index >= 15 is 0 Å². The van der Waals surface area contributed by atoms with Gasteiger partial charge in [-0.05, 0) is 31.9 Å². The molecular weight excluding hydrogens is 304 g/mol. The number of anilines is 1. The summed E-state index contributed by atoms with van der Waals surface area (Å²) >= 11 is 0. The van der Waals surface area contributed by atoms with Crippen LogP contribution >= 0.6 is 0 Å². The van der Waals surface area contributed by atoms with Crippen LogP contribution in [0.5, 0.6) is 0 Å². The van der Waals surface area contributed by atoms with Gasteiger partial charge < -0.3 is 9.84 Å². The quantitative estimate of drug-likeness (QED) is 0.912. The Morgan fingerprint density at radius 3 is 2.59 bits per heavy atom. The van der Waals surface area contributed by atoms with Gasteiger partial charge in [0.05, 0.1) is 5.75 Å². The zero-order chi connectivity index (χ0) is 16.3. The summed E-state index contributed by atoms with van der Waals surface area (Å²) in [4.78, 5) is 12.1. The predicted molar refractivity (Wildman–Crippen MR) is 83.1 cm³/mol. The fourth-order valence-electron chi connectivity index (χ4n) is 1.93. The molecule has 0 aliphatic heterocycles. The summed E-state index contributed by atoms with van der Waals surface area (Å²) in [5, 5.41) is 4.89. The van der Waals surface area contributed by atoms with E-state index in [2.05, 4.69) is 10.5 Å². The number of aromatic nitrogens is 1. The van der Waals surface area contributed by atoms with Gasteiger partial charge in [-0.25, -0.2) is 8.42 Å². The van der Waals surface area contributed by atoms with Crippen LogP contribution in [0.25, 0.3) is 0 Å². The SMILES string of the molecule is Cc1cc(NC(=O)[C@@H](C)S(=O)(=O)Cc2ccccc2C)no1. The van der Waals surface area contributed by atoms with E-state index in [1.54, 1.807) is 19.1 Å². The number of aryl methyl sites for hydroxylation is 2. The Labute approximate surface area is 129 Å². The van der Waals surface area contributed by atoms with Crippen molar-refractivity contribution in [1.29, 1.82) is 0 Å². The number of amides is 1. The highest BCUT2D eigenvalue weighted by Crippen LogP contribution is 2.16. The summed E-state index contributed by atoms with van der Waals surface area (Å²) in [7, 11) is -3.62. The summed E-state index contributed by atoms with van der Waals surface area (Å²) in [6, 6.07) is 8.74. The van der Waals surface area contributed by atoms with Gasteiger partial charge >= 0.3 is 0 Å². The Hall–Kier alpha value is -2.15. The number of rotatable bonds is 5. The average Bonchev–Trinajstić information content (AvgIpc) is 2.85. The Kier molecular flexibility index (Phi) is 4.65. The first kappa shape index (κ1) is 16.2. The molecule has 0 saturated heterocycles. The Morgan fingerprint density at radius 1 is 1.32 bits per heavy atom. The van der Waals surface area contributed by atoms with E-state index in [1.807, 2.05) is 19.1 Å². The van der Waals surface area contributed by atoms with Gasteiger partial charge in [0.15, 0.2) is 15.7 Å². The van der Waals surface area contributed by atoms with Gasteiger partial charge in [-0.1, -0.05) is 29.4 Å². The Bertz CT molecular complexity index is 780. The zero-order valence-electron chi connectivity index (χ0n) is 12.7. The van der Waals surface area contributed by atoms with Crippen LogP contribution in [0.3, 0.4) is 0 Å². The van der Waals surface area contributed by atoms with Gasteiger partial charge in [0.1, 0.15) is 11.0 Å². The lowest BCUT2D eigenvalue weighted by atomic mass is 10.1. The van der Waals surface area contributed by atoms with Crippen LogP contribution in [-0.2, 0) is 20.4 Å². The monoisotopic (exact) mass is 322 g/mol. The molecule has 0 unspecified atom stereocenters. The first-order valence-electron chi connectivity index (χ1n) is 6.80. The average molecular weight is 322 g/mol. The maximum absolute atomic E-state index is 12.4. The van der Waals surface area contributed by atoms with Crippen LogP contribution < -0.4 is 5.32 Å². The lowest BCUT2D eigenvalue weighted by Gasteiger charge is -2.13. The van der Waals surface area contributed by atoms with E-state index in [-0.39, 0.29) is 11.6 Å². The van der Waals surface area contributed by atoms with Gasteiger partial charge in [-0.2, -0.15) is 0 Å². The van der Waals surface area contributed by atoms with Crippen LogP contribution in [0.1, 0.15) is 23.8 Å². The molecule has 22 heavy (non-hydrogen) atoms. The number of sulfone groups is 1. The highest BCUT2D eigenvalue weighted by Gasteiger charge is 2.29. The molecule has 1 aromatic carbocycles. The number of carbonyl (C=O) groups is 1. The van der Waals surface area contributed by atoms with Crippen molar-refractivity contribution in [2.75, 3.05) is 5.32 Å². The number of carbonyl (C=O) groups excluding carboxylic acids is 1.